The van der Waals surface area contributed by atoms with Crippen LogP contribution < -0.4 is 9.64 Å². The third kappa shape index (κ3) is 3.80. The van der Waals surface area contributed by atoms with E-state index in [2.05, 4.69) is 9.97 Å². The van der Waals surface area contributed by atoms with Gasteiger partial charge in [-0.15, -0.1) is 0 Å². The zero-order chi connectivity index (χ0) is 24.9. The van der Waals surface area contributed by atoms with Crippen LogP contribution in [-0.2, 0) is 9.59 Å². The van der Waals surface area contributed by atoms with Gasteiger partial charge < -0.3 is 14.8 Å². The molecule has 0 bridgehead atoms. The molecule has 1 atom stereocenters. The molecule has 1 unspecified atom stereocenters. The number of rotatable bonds is 4. The zero-order valence-corrected chi connectivity index (χ0v) is 19.6. The van der Waals surface area contributed by atoms with E-state index in [9.17, 15) is 19.1 Å². The van der Waals surface area contributed by atoms with Crippen molar-refractivity contribution in [2.45, 2.75) is 6.04 Å². The Morgan fingerprint density at radius 1 is 1.09 bits per heavy atom. The van der Waals surface area contributed by atoms with Crippen molar-refractivity contribution < 1.29 is 23.8 Å². The van der Waals surface area contributed by atoms with E-state index in [1.165, 1.54) is 37.4 Å². The SMILES string of the molecule is COc1c(Cl)cc(/C(O)=C2\C(=O)C(=O)N(c3nc4ccc(F)cc4[nH]3)C2c2ccccc2)cc1Cl. The maximum atomic E-state index is 13.7. The molecule has 1 aliphatic rings. The third-order valence-electron chi connectivity index (χ3n) is 5.70. The van der Waals surface area contributed by atoms with Gasteiger partial charge in [0.1, 0.15) is 11.6 Å². The van der Waals surface area contributed by atoms with E-state index >= 15 is 0 Å². The second kappa shape index (κ2) is 8.72. The Morgan fingerprint density at radius 3 is 2.43 bits per heavy atom. The lowest BCUT2D eigenvalue weighted by atomic mass is 9.95. The average molecular weight is 512 g/mol. The molecule has 7 nitrogen and oxygen atoms in total. The molecule has 4 aromatic rings. The monoisotopic (exact) mass is 511 g/mol. The summed E-state index contributed by atoms with van der Waals surface area (Å²) in [4.78, 5) is 34.9. The molecular weight excluding hydrogens is 496 g/mol. The molecular formula is C25H16Cl2FN3O4. The van der Waals surface area contributed by atoms with Gasteiger partial charge in [0.2, 0.25) is 5.95 Å². The molecule has 176 valence electrons. The number of aliphatic hydroxyl groups is 1. The summed E-state index contributed by atoms with van der Waals surface area (Å²) >= 11 is 12.5. The average Bonchev–Trinajstić information content (AvgIpc) is 3.36. The first kappa shape index (κ1) is 22.9. The maximum absolute atomic E-state index is 13.7. The van der Waals surface area contributed by atoms with E-state index in [1.54, 1.807) is 30.3 Å². The first-order chi connectivity index (χ1) is 16.8. The van der Waals surface area contributed by atoms with Gasteiger partial charge in [-0.2, -0.15) is 0 Å². The fourth-order valence-corrected chi connectivity index (χ4v) is 4.77. The summed E-state index contributed by atoms with van der Waals surface area (Å²) in [5, 5.41) is 11.5. The highest BCUT2D eigenvalue weighted by Gasteiger charge is 2.48. The molecule has 0 aliphatic carbocycles. The molecule has 2 N–H and O–H groups in total. The van der Waals surface area contributed by atoms with E-state index < -0.39 is 29.3 Å². The minimum atomic E-state index is -1.03. The van der Waals surface area contributed by atoms with Gasteiger partial charge in [-0.25, -0.2) is 9.37 Å². The summed E-state index contributed by atoms with van der Waals surface area (Å²) in [6.07, 6.45) is 0. The van der Waals surface area contributed by atoms with Crippen LogP contribution in [0.25, 0.3) is 16.8 Å². The van der Waals surface area contributed by atoms with Crippen LogP contribution in [0, 0.1) is 5.82 Å². The number of anilines is 1. The number of Topliss-reactive ketones (excluding diaryl/α,β-unsaturated/α-hetero) is 1. The van der Waals surface area contributed by atoms with Crippen LogP contribution in [0.1, 0.15) is 17.2 Å². The molecule has 1 aliphatic heterocycles. The Morgan fingerprint density at radius 2 is 1.77 bits per heavy atom. The number of halogens is 3. The standard InChI is InChI=1S/C25H16Cl2FN3O4/c1-35-23-15(26)9-13(10-16(23)27)21(32)19-20(12-5-3-2-4-6-12)31(24(34)22(19)33)25-29-17-8-7-14(28)11-18(17)30-25/h2-11,20,32H,1H3,(H,29,30)/b21-19+. The van der Waals surface area contributed by atoms with E-state index in [0.717, 1.165) is 4.90 Å². The first-order valence-electron chi connectivity index (χ1n) is 10.3. The van der Waals surface area contributed by atoms with Crippen molar-refractivity contribution in [3.8, 4) is 5.75 Å². The Labute approximate surface area is 208 Å². The number of nitrogens with one attached hydrogen (secondary N) is 1. The van der Waals surface area contributed by atoms with Gasteiger partial charge in [0.05, 0.1) is 39.8 Å². The van der Waals surface area contributed by atoms with Gasteiger partial charge >= 0.3 is 5.91 Å². The quantitative estimate of drug-likeness (QED) is 0.210. The van der Waals surface area contributed by atoms with Gasteiger partial charge in [-0.1, -0.05) is 53.5 Å². The van der Waals surface area contributed by atoms with Crippen molar-refractivity contribution >= 4 is 57.6 Å². The highest BCUT2D eigenvalue weighted by Crippen LogP contribution is 2.43. The molecule has 0 radical (unpaired) electrons. The normalized spacial score (nSPS) is 17.4. The van der Waals surface area contributed by atoms with Crippen LogP contribution >= 0.6 is 23.2 Å². The summed E-state index contributed by atoms with van der Waals surface area (Å²) in [6, 6.07) is 14.4. The largest absolute Gasteiger partial charge is 0.507 e. The van der Waals surface area contributed by atoms with Gasteiger partial charge in [0.25, 0.3) is 5.78 Å². The molecule has 1 saturated heterocycles. The molecule has 3 aromatic carbocycles. The van der Waals surface area contributed by atoms with Crippen molar-refractivity contribution in [2.24, 2.45) is 0 Å². The lowest BCUT2D eigenvalue weighted by Gasteiger charge is -2.23. The molecule has 1 amide bonds. The summed E-state index contributed by atoms with van der Waals surface area (Å²) in [5.41, 5.74) is 1.26. The highest BCUT2D eigenvalue weighted by molar-refractivity contribution is 6.51. The van der Waals surface area contributed by atoms with E-state index in [1.807, 2.05) is 0 Å². The number of benzene rings is 3. The Hall–Kier alpha value is -3.88. The second-order valence-corrected chi connectivity index (χ2v) is 8.59. The smallest absolute Gasteiger partial charge is 0.302 e. The van der Waals surface area contributed by atoms with Gasteiger partial charge in [-0.05, 0) is 35.9 Å². The number of imidazole rings is 1. The Balaban J connectivity index is 1.73. The van der Waals surface area contributed by atoms with Crippen LogP contribution in [0.5, 0.6) is 5.75 Å². The van der Waals surface area contributed by atoms with Crippen LogP contribution in [0.3, 0.4) is 0 Å². The zero-order valence-electron chi connectivity index (χ0n) is 18.1. The van der Waals surface area contributed by atoms with Crippen LogP contribution in [0.4, 0.5) is 10.3 Å². The summed E-state index contributed by atoms with van der Waals surface area (Å²) in [7, 11) is 1.40. The van der Waals surface area contributed by atoms with Crippen molar-refractivity contribution in [3.05, 3.63) is 93.2 Å². The van der Waals surface area contributed by atoms with Crippen LogP contribution in [0.15, 0.2) is 66.2 Å². The first-order valence-corrected chi connectivity index (χ1v) is 11.1. The van der Waals surface area contributed by atoms with E-state index in [4.69, 9.17) is 27.9 Å². The van der Waals surface area contributed by atoms with Crippen molar-refractivity contribution in [2.75, 3.05) is 12.0 Å². The molecule has 0 saturated carbocycles. The Bertz CT molecular complexity index is 1510. The number of ether oxygens (including phenoxy) is 1. The number of aliphatic hydroxyl groups excluding tert-OH is 1. The minimum absolute atomic E-state index is 0.0337. The molecule has 0 spiro atoms. The number of carbonyl (C=O) groups excluding carboxylic acids is 2. The molecule has 5 rings (SSSR count). The number of carbonyl (C=O) groups is 2. The number of hydrogen-bond donors (Lipinski definition) is 2. The highest BCUT2D eigenvalue weighted by atomic mass is 35.5. The predicted molar refractivity (Wildman–Crippen MR) is 130 cm³/mol. The third-order valence-corrected chi connectivity index (χ3v) is 6.26. The van der Waals surface area contributed by atoms with Crippen LogP contribution in [0.2, 0.25) is 10.0 Å². The van der Waals surface area contributed by atoms with Crippen LogP contribution in [-0.4, -0.2) is 33.9 Å². The number of fused-ring (bicyclic) bond motifs is 1. The fraction of sp³-hybridized carbons (Fsp3) is 0.0800. The molecule has 35 heavy (non-hydrogen) atoms. The molecule has 10 heteroatoms. The summed E-state index contributed by atoms with van der Waals surface area (Å²) < 4.78 is 18.9. The number of aromatic nitrogens is 2. The second-order valence-electron chi connectivity index (χ2n) is 7.77. The number of H-pyrrole nitrogens is 1. The number of methoxy groups -OCH3 is 1. The number of hydrogen-bond acceptors (Lipinski definition) is 5. The molecule has 1 fully saturated rings. The number of amides is 1. The Kier molecular flexibility index (Phi) is 5.70. The van der Waals surface area contributed by atoms with Crippen molar-refractivity contribution in [1.29, 1.82) is 0 Å². The molecule has 1 aromatic heterocycles. The minimum Gasteiger partial charge on any atom is -0.507 e. The fourth-order valence-electron chi connectivity index (χ4n) is 4.13. The summed E-state index contributed by atoms with van der Waals surface area (Å²) in [6.45, 7) is 0. The molecule has 2 heterocycles. The number of ketones is 1. The van der Waals surface area contributed by atoms with Gasteiger partial charge in [-0.3, -0.25) is 14.5 Å². The number of nitrogens with zero attached hydrogens (tertiary/aromatic N) is 2. The van der Waals surface area contributed by atoms with E-state index in [0.29, 0.717) is 16.6 Å². The topological polar surface area (TPSA) is 95.5 Å². The maximum Gasteiger partial charge on any atom is 0.302 e. The number of aromatic amines is 1. The predicted octanol–water partition coefficient (Wildman–Crippen LogP) is 5.64. The lowest BCUT2D eigenvalue weighted by Crippen LogP contribution is -2.30. The summed E-state index contributed by atoms with van der Waals surface area (Å²) in [5.74, 6) is -2.54. The van der Waals surface area contributed by atoms with Gasteiger partial charge in [0, 0.05) is 5.56 Å². The van der Waals surface area contributed by atoms with Crippen molar-refractivity contribution in [3.63, 3.8) is 0 Å². The lowest BCUT2D eigenvalue weighted by molar-refractivity contribution is -0.132. The van der Waals surface area contributed by atoms with Gasteiger partial charge in [0.15, 0.2) is 5.75 Å². The van der Waals surface area contributed by atoms with Crippen molar-refractivity contribution in [1.82, 2.24) is 9.97 Å². The van der Waals surface area contributed by atoms with E-state index in [-0.39, 0.29) is 32.9 Å².